The number of anilines is 1. The van der Waals surface area contributed by atoms with Gasteiger partial charge in [0.1, 0.15) is 5.75 Å². The largest absolute Gasteiger partial charge is 0.481 e. The summed E-state index contributed by atoms with van der Waals surface area (Å²) in [6, 6.07) is 11.8. The van der Waals surface area contributed by atoms with Crippen LogP contribution in [0.15, 0.2) is 36.4 Å². The summed E-state index contributed by atoms with van der Waals surface area (Å²) in [4.78, 5) is 12.2. The molecule has 0 aliphatic carbocycles. The minimum Gasteiger partial charge on any atom is -0.481 e. The van der Waals surface area contributed by atoms with E-state index in [4.69, 9.17) is 4.74 Å². The van der Waals surface area contributed by atoms with Gasteiger partial charge >= 0.3 is 0 Å². The predicted molar refractivity (Wildman–Crippen MR) is 90.6 cm³/mol. The summed E-state index contributed by atoms with van der Waals surface area (Å²) < 4.78 is 5.75. The minimum absolute atomic E-state index is 0.151. The molecule has 0 radical (unpaired) electrons. The summed E-state index contributed by atoms with van der Waals surface area (Å²) in [7, 11) is 0. The van der Waals surface area contributed by atoms with Crippen LogP contribution >= 0.6 is 0 Å². The Morgan fingerprint density at radius 2 is 1.59 bits per heavy atom. The fourth-order valence-electron chi connectivity index (χ4n) is 2.32. The van der Waals surface area contributed by atoms with Crippen molar-refractivity contribution in [2.75, 3.05) is 5.32 Å². The maximum Gasteiger partial charge on any atom is 0.265 e. The van der Waals surface area contributed by atoms with Gasteiger partial charge < -0.3 is 10.1 Å². The van der Waals surface area contributed by atoms with Gasteiger partial charge in [-0.2, -0.15) is 0 Å². The molecular weight excluding hydrogens is 274 g/mol. The molecule has 2 aromatic rings. The minimum atomic E-state index is -0.553. The summed E-state index contributed by atoms with van der Waals surface area (Å²) in [5.74, 6) is 0.572. The molecule has 0 spiro atoms. The van der Waals surface area contributed by atoms with Crippen molar-refractivity contribution in [1.29, 1.82) is 0 Å². The van der Waals surface area contributed by atoms with Crippen molar-refractivity contribution >= 4 is 11.6 Å². The second kappa shape index (κ2) is 6.65. The van der Waals surface area contributed by atoms with Gasteiger partial charge in [0.25, 0.3) is 5.91 Å². The number of carbonyl (C=O) groups is 1. The molecule has 0 aliphatic rings. The van der Waals surface area contributed by atoms with E-state index in [9.17, 15) is 4.79 Å². The van der Waals surface area contributed by atoms with Gasteiger partial charge in [0.15, 0.2) is 6.10 Å². The molecule has 0 bridgehead atoms. The van der Waals surface area contributed by atoms with E-state index in [0.717, 1.165) is 28.1 Å². The molecule has 22 heavy (non-hydrogen) atoms. The lowest BCUT2D eigenvalue weighted by atomic mass is 10.1. The molecule has 0 saturated carbocycles. The van der Waals surface area contributed by atoms with E-state index in [2.05, 4.69) is 11.4 Å². The predicted octanol–water partition coefficient (Wildman–Crippen LogP) is 4.33. The van der Waals surface area contributed by atoms with Crippen LogP contribution in [0.3, 0.4) is 0 Å². The summed E-state index contributed by atoms with van der Waals surface area (Å²) in [6.07, 6.45) is -0.553. The van der Waals surface area contributed by atoms with Crippen molar-refractivity contribution in [3.8, 4) is 5.75 Å². The Bertz CT molecular complexity index is 672. The highest BCUT2D eigenvalue weighted by Gasteiger charge is 2.15. The lowest BCUT2D eigenvalue weighted by molar-refractivity contribution is -0.122. The summed E-state index contributed by atoms with van der Waals surface area (Å²) >= 11 is 0. The molecule has 1 amide bonds. The SMILES string of the molecule is Cc1cc(C)cc(O[C@@H](C)C(=O)Nc2ccc(C)c(C)c2)c1. The third-order valence-electron chi connectivity index (χ3n) is 3.65. The summed E-state index contributed by atoms with van der Waals surface area (Å²) in [5.41, 5.74) is 5.40. The maximum atomic E-state index is 12.2. The number of aryl methyl sites for hydroxylation is 4. The quantitative estimate of drug-likeness (QED) is 0.912. The molecule has 3 heteroatoms. The highest BCUT2D eigenvalue weighted by Crippen LogP contribution is 2.19. The van der Waals surface area contributed by atoms with Crippen molar-refractivity contribution in [1.82, 2.24) is 0 Å². The van der Waals surface area contributed by atoms with Crippen LogP contribution in [-0.4, -0.2) is 12.0 Å². The van der Waals surface area contributed by atoms with Gasteiger partial charge in [-0.1, -0.05) is 12.1 Å². The molecule has 0 heterocycles. The molecule has 2 aromatic carbocycles. The Labute approximate surface area is 132 Å². The Balaban J connectivity index is 2.04. The molecule has 2 rings (SSSR count). The van der Waals surface area contributed by atoms with Crippen molar-refractivity contribution in [2.45, 2.75) is 40.7 Å². The lowest BCUT2D eigenvalue weighted by Gasteiger charge is -2.16. The van der Waals surface area contributed by atoms with Gasteiger partial charge in [0.2, 0.25) is 0 Å². The van der Waals surface area contributed by atoms with Gasteiger partial charge in [-0.15, -0.1) is 0 Å². The van der Waals surface area contributed by atoms with E-state index in [-0.39, 0.29) is 5.91 Å². The van der Waals surface area contributed by atoms with Gasteiger partial charge in [-0.05, 0) is 81.1 Å². The van der Waals surface area contributed by atoms with Crippen LogP contribution in [0.5, 0.6) is 5.75 Å². The van der Waals surface area contributed by atoms with E-state index in [1.807, 2.05) is 58.0 Å². The van der Waals surface area contributed by atoms with E-state index < -0.39 is 6.10 Å². The number of carbonyl (C=O) groups excluding carboxylic acids is 1. The molecule has 116 valence electrons. The Morgan fingerprint density at radius 1 is 0.955 bits per heavy atom. The first-order valence-electron chi connectivity index (χ1n) is 7.48. The average molecular weight is 297 g/mol. The van der Waals surface area contributed by atoms with Crippen molar-refractivity contribution in [3.63, 3.8) is 0 Å². The maximum absolute atomic E-state index is 12.2. The smallest absolute Gasteiger partial charge is 0.265 e. The molecule has 3 nitrogen and oxygen atoms in total. The first-order valence-corrected chi connectivity index (χ1v) is 7.48. The average Bonchev–Trinajstić information content (AvgIpc) is 2.41. The van der Waals surface area contributed by atoms with Crippen LogP contribution in [0.2, 0.25) is 0 Å². The highest BCUT2D eigenvalue weighted by atomic mass is 16.5. The number of hydrogen-bond acceptors (Lipinski definition) is 2. The Kier molecular flexibility index (Phi) is 4.86. The highest BCUT2D eigenvalue weighted by molar-refractivity contribution is 5.94. The van der Waals surface area contributed by atoms with Gasteiger partial charge in [-0.25, -0.2) is 0 Å². The fourth-order valence-corrected chi connectivity index (χ4v) is 2.32. The number of benzene rings is 2. The Morgan fingerprint density at radius 3 is 2.18 bits per heavy atom. The van der Waals surface area contributed by atoms with E-state index in [0.29, 0.717) is 0 Å². The number of hydrogen-bond donors (Lipinski definition) is 1. The third-order valence-corrected chi connectivity index (χ3v) is 3.65. The van der Waals surface area contributed by atoms with Crippen LogP contribution in [0.25, 0.3) is 0 Å². The number of rotatable bonds is 4. The first-order chi connectivity index (χ1) is 10.3. The second-order valence-electron chi connectivity index (χ2n) is 5.87. The molecule has 0 unspecified atom stereocenters. The van der Waals surface area contributed by atoms with E-state index in [1.165, 1.54) is 5.56 Å². The van der Waals surface area contributed by atoms with Crippen molar-refractivity contribution < 1.29 is 9.53 Å². The Hall–Kier alpha value is -2.29. The zero-order valence-electron chi connectivity index (χ0n) is 13.9. The lowest BCUT2D eigenvalue weighted by Crippen LogP contribution is -2.30. The van der Waals surface area contributed by atoms with Crippen molar-refractivity contribution in [3.05, 3.63) is 58.7 Å². The normalized spacial score (nSPS) is 11.9. The van der Waals surface area contributed by atoms with Crippen LogP contribution in [0.1, 0.15) is 29.2 Å². The molecule has 1 atom stereocenters. The van der Waals surface area contributed by atoms with Crippen LogP contribution in [0, 0.1) is 27.7 Å². The number of nitrogens with one attached hydrogen (secondary N) is 1. The van der Waals surface area contributed by atoms with E-state index in [1.54, 1.807) is 6.92 Å². The number of amides is 1. The van der Waals surface area contributed by atoms with Gasteiger partial charge in [-0.3, -0.25) is 4.79 Å². The first kappa shape index (κ1) is 16.1. The third kappa shape index (κ3) is 4.10. The molecule has 0 aromatic heterocycles. The summed E-state index contributed by atoms with van der Waals surface area (Å²) in [5, 5.41) is 2.90. The summed E-state index contributed by atoms with van der Waals surface area (Å²) in [6.45, 7) is 9.86. The number of ether oxygens (including phenoxy) is 1. The molecule has 0 aliphatic heterocycles. The van der Waals surface area contributed by atoms with Gasteiger partial charge in [0.05, 0.1) is 0 Å². The van der Waals surface area contributed by atoms with Crippen LogP contribution in [-0.2, 0) is 4.79 Å². The zero-order valence-corrected chi connectivity index (χ0v) is 13.9. The molecule has 0 fully saturated rings. The van der Waals surface area contributed by atoms with Gasteiger partial charge in [0, 0.05) is 5.69 Å². The molecule has 0 saturated heterocycles. The van der Waals surface area contributed by atoms with Crippen LogP contribution in [0.4, 0.5) is 5.69 Å². The van der Waals surface area contributed by atoms with Crippen molar-refractivity contribution in [2.24, 2.45) is 0 Å². The van der Waals surface area contributed by atoms with E-state index >= 15 is 0 Å². The topological polar surface area (TPSA) is 38.3 Å². The molecule has 1 N–H and O–H groups in total. The standard InChI is InChI=1S/C19H23NO2/c1-12-8-13(2)10-18(9-12)22-16(5)19(21)20-17-7-6-14(3)15(4)11-17/h6-11,16H,1-5H3,(H,20,21)/t16-/m0/s1. The molecular formula is C19H23NO2. The second-order valence-corrected chi connectivity index (χ2v) is 5.87. The zero-order chi connectivity index (χ0) is 16.3. The fraction of sp³-hybridized carbons (Fsp3) is 0.316. The van der Waals surface area contributed by atoms with Crippen LogP contribution < -0.4 is 10.1 Å². The monoisotopic (exact) mass is 297 g/mol.